The molecule has 0 heterocycles. The lowest BCUT2D eigenvalue weighted by Gasteiger charge is -2.11. The van der Waals surface area contributed by atoms with Gasteiger partial charge in [-0.3, -0.25) is 10.2 Å². The molecule has 0 aromatic heterocycles. The first-order valence-electron chi connectivity index (χ1n) is 4.50. The van der Waals surface area contributed by atoms with Gasteiger partial charge in [0.15, 0.2) is 6.61 Å². The highest BCUT2D eigenvalue weighted by Gasteiger charge is 2.07. The number of nitrogens with two attached hydrogens (primary N) is 1. The molecule has 0 aromatic carbocycles. The summed E-state index contributed by atoms with van der Waals surface area (Å²) in [6, 6.07) is 0. The Morgan fingerprint density at radius 1 is 1.46 bits per heavy atom. The highest BCUT2D eigenvalue weighted by molar-refractivity contribution is 5.84. The van der Waals surface area contributed by atoms with Gasteiger partial charge < -0.3 is 4.84 Å². The maximum atomic E-state index is 10.6. The van der Waals surface area contributed by atoms with Crippen LogP contribution in [0.5, 0.6) is 0 Å². The van der Waals surface area contributed by atoms with E-state index in [1.54, 1.807) is 0 Å². The first kappa shape index (κ1) is 9.98. The number of hydrogen-bond donors (Lipinski definition) is 2. The molecule has 1 aliphatic rings. The molecule has 0 aromatic rings. The van der Waals surface area contributed by atoms with Crippen LogP contribution in [0.1, 0.15) is 32.1 Å². The number of carbonyl (C=O) groups excluding carboxylic acids is 1. The van der Waals surface area contributed by atoms with Crippen LogP contribution in [-0.2, 0) is 9.63 Å². The molecule has 0 bridgehead atoms. The third kappa shape index (κ3) is 3.89. The Hall–Kier alpha value is -1.10. The molecule has 0 spiro atoms. The smallest absolute Gasteiger partial charge is 0.274 e. The fourth-order valence-electron chi connectivity index (χ4n) is 1.28. The first-order chi connectivity index (χ1) is 6.33. The molecule has 0 radical (unpaired) electrons. The minimum atomic E-state index is -0.361. The fourth-order valence-corrected chi connectivity index (χ4v) is 1.28. The standard InChI is InChI=1S/C8H15N3O2/c9-10-8(12)6-13-11-7-4-2-1-3-5-7/h1-6,9H2,(H,10,12). The predicted molar refractivity (Wildman–Crippen MR) is 48.8 cm³/mol. The van der Waals surface area contributed by atoms with E-state index in [-0.39, 0.29) is 12.5 Å². The van der Waals surface area contributed by atoms with Crippen LogP contribution < -0.4 is 11.3 Å². The Kier molecular flexibility index (Phi) is 4.25. The zero-order chi connectivity index (χ0) is 9.52. The van der Waals surface area contributed by atoms with Gasteiger partial charge in [0.1, 0.15) is 0 Å². The quantitative estimate of drug-likeness (QED) is 0.377. The minimum absolute atomic E-state index is 0.0972. The van der Waals surface area contributed by atoms with E-state index in [0.717, 1.165) is 18.6 Å². The lowest BCUT2D eigenvalue weighted by molar-refractivity contribution is -0.125. The number of hydrogen-bond acceptors (Lipinski definition) is 4. The zero-order valence-electron chi connectivity index (χ0n) is 7.58. The molecular formula is C8H15N3O2. The van der Waals surface area contributed by atoms with Gasteiger partial charge in [0.2, 0.25) is 0 Å². The molecule has 0 atom stereocenters. The maximum Gasteiger partial charge on any atom is 0.274 e. The lowest BCUT2D eigenvalue weighted by atomic mass is 9.99. The van der Waals surface area contributed by atoms with Gasteiger partial charge in [0.25, 0.3) is 5.91 Å². The van der Waals surface area contributed by atoms with Crippen molar-refractivity contribution in [3.8, 4) is 0 Å². The van der Waals surface area contributed by atoms with Crippen LogP contribution in [0, 0.1) is 0 Å². The number of hydrazine groups is 1. The van der Waals surface area contributed by atoms with E-state index in [2.05, 4.69) is 5.16 Å². The Morgan fingerprint density at radius 2 is 2.15 bits per heavy atom. The number of rotatable bonds is 3. The molecule has 5 nitrogen and oxygen atoms in total. The fraction of sp³-hybridized carbons (Fsp3) is 0.750. The summed E-state index contributed by atoms with van der Waals surface area (Å²) in [6.07, 6.45) is 5.59. The number of nitrogens with zero attached hydrogens (tertiary/aromatic N) is 1. The molecule has 5 heteroatoms. The van der Waals surface area contributed by atoms with Gasteiger partial charge in [-0.25, -0.2) is 5.84 Å². The number of nitrogens with one attached hydrogen (secondary N) is 1. The number of carbonyl (C=O) groups is 1. The summed E-state index contributed by atoms with van der Waals surface area (Å²) in [5.74, 6) is 4.50. The van der Waals surface area contributed by atoms with E-state index in [1.165, 1.54) is 19.3 Å². The lowest BCUT2D eigenvalue weighted by Crippen LogP contribution is -2.33. The van der Waals surface area contributed by atoms with Gasteiger partial charge in [0, 0.05) is 0 Å². The van der Waals surface area contributed by atoms with Crippen molar-refractivity contribution in [2.24, 2.45) is 11.0 Å². The third-order valence-corrected chi connectivity index (χ3v) is 1.98. The predicted octanol–water partition coefficient (Wildman–Crippen LogP) is 0.313. The summed E-state index contributed by atoms with van der Waals surface area (Å²) in [6.45, 7) is -0.0972. The summed E-state index contributed by atoms with van der Waals surface area (Å²) in [5.41, 5.74) is 3.02. The largest absolute Gasteiger partial charge is 0.386 e. The second kappa shape index (κ2) is 5.53. The topological polar surface area (TPSA) is 76.7 Å². The van der Waals surface area contributed by atoms with Crippen LogP contribution in [0.25, 0.3) is 0 Å². The summed E-state index contributed by atoms with van der Waals surface area (Å²) in [7, 11) is 0. The molecule has 0 saturated heterocycles. The van der Waals surface area contributed by atoms with Gasteiger partial charge >= 0.3 is 0 Å². The SMILES string of the molecule is NNC(=O)CON=C1CCCCC1. The molecule has 1 aliphatic carbocycles. The van der Waals surface area contributed by atoms with Crippen LogP contribution in [0.3, 0.4) is 0 Å². The molecule has 1 amide bonds. The Balaban J connectivity index is 2.18. The normalized spacial score (nSPS) is 16.5. The molecule has 3 N–H and O–H groups in total. The second-order valence-corrected chi connectivity index (χ2v) is 3.06. The van der Waals surface area contributed by atoms with Crippen molar-refractivity contribution in [1.29, 1.82) is 0 Å². The summed E-state index contributed by atoms with van der Waals surface area (Å²) in [4.78, 5) is 15.4. The van der Waals surface area contributed by atoms with E-state index in [1.807, 2.05) is 5.43 Å². The molecule has 1 saturated carbocycles. The van der Waals surface area contributed by atoms with Crippen molar-refractivity contribution in [1.82, 2.24) is 5.43 Å². The second-order valence-electron chi connectivity index (χ2n) is 3.06. The summed E-state index contributed by atoms with van der Waals surface area (Å²) < 4.78 is 0. The Bertz CT molecular complexity index is 196. The van der Waals surface area contributed by atoms with Gasteiger partial charge in [-0.15, -0.1) is 0 Å². The van der Waals surface area contributed by atoms with Crippen LogP contribution in [-0.4, -0.2) is 18.2 Å². The first-order valence-corrected chi connectivity index (χ1v) is 4.50. The van der Waals surface area contributed by atoms with Gasteiger partial charge in [0.05, 0.1) is 5.71 Å². The van der Waals surface area contributed by atoms with E-state index in [0.29, 0.717) is 0 Å². The van der Waals surface area contributed by atoms with Crippen molar-refractivity contribution >= 4 is 11.6 Å². The Labute approximate surface area is 77.3 Å². The molecular weight excluding hydrogens is 170 g/mol. The highest BCUT2D eigenvalue weighted by atomic mass is 16.6. The van der Waals surface area contributed by atoms with Crippen molar-refractivity contribution in [3.63, 3.8) is 0 Å². The zero-order valence-corrected chi connectivity index (χ0v) is 7.58. The minimum Gasteiger partial charge on any atom is -0.386 e. The summed E-state index contributed by atoms with van der Waals surface area (Å²) >= 11 is 0. The van der Waals surface area contributed by atoms with Crippen molar-refractivity contribution in [2.75, 3.05) is 6.61 Å². The van der Waals surface area contributed by atoms with Crippen LogP contribution in [0.15, 0.2) is 5.16 Å². The van der Waals surface area contributed by atoms with E-state index in [4.69, 9.17) is 10.7 Å². The van der Waals surface area contributed by atoms with Gasteiger partial charge in [-0.1, -0.05) is 11.6 Å². The summed E-state index contributed by atoms with van der Waals surface area (Å²) in [5, 5.41) is 3.87. The number of oxime groups is 1. The maximum absolute atomic E-state index is 10.6. The van der Waals surface area contributed by atoms with E-state index < -0.39 is 0 Å². The van der Waals surface area contributed by atoms with E-state index >= 15 is 0 Å². The Morgan fingerprint density at radius 3 is 2.77 bits per heavy atom. The molecule has 13 heavy (non-hydrogen) atoms. The van der Waals surface area contributed by atoms with Crippen LogP contribution >= 0.6 is 0 Å². The monoisotopic (exact) mass is 185 g/mol. The van der Waals surface area contributed by atoms with Crippen molar-refractivity contribution < 1.29 is 9.63 Å². The van der Waals surface area contributed by atoms with Gasteiger partial charge in [-0.2, -0.15) is 0 Å². The average molecular weight is 185 g/mol. The van der Waals surface area contributed by atoms with E-state index in [9.17, 15) is 4.79 Å². The van der Waals surface area contributed by atoms with Crippen molar-refractivity contribution in [3.05, 3.63) is 0 Å². The molecule has 1 rings (SSSR count). The molecule has 0 unspecified atom stereocenters. The van der Waals surface area contributed by atoms with Gasteiger partial charge in [-0.05, 0) is 25.7 Å². The van der Waals surface area contributed by atoms with Crippen LogP contribution in [0.2, 0.25) is 0 Å². The average Bonchev–Trinajstić information content (AvgIpc) is 2.19. The van der Waals surface area contributed by atoms with Crippen LogP contribution in [0.4, 0.5) is 0 Å². The molecule has 74 valence electrons. The number of amides is 1. The highest BCUT2D eigenvalue weighted by Crippen LogP contribution is 2.14. The molecule has 0 aliphatic heterocycles. The third-order valence-electron chi connectivity index (χ3n) is 1.98. The molecule has 1 fully saturated rings. The van der Waals surface area contributed by atoms with Crippen molar-refractivity contribution in [2.45, 2.75) is 32.1 Å².